The molecule has 0 bridgehead atoms. The highest BCUT2D eigenvalue weighted by Gasteiger charge is 2.30. The smallest absolute Gasteiger partial charge is 0.225 e. The molecule has 0 radical (unpaired) electrons. The van der Waals surface area contributed by atoms with Crippen LogP contribution in [0.5, 0.6) is 0 Å². The minimum Gasteiger partial charge on any atom is -0.338 e. The molecular weight excluding hydrogens is 386 g/mol. The largest absolute Gasteiger partial charge is 0.338 e. The molecule has 0 aromatic carbocycles. The van der Waals surface area contributed by atoms with Crippen LogP contribution in [0.25, 0.3) is 5.57 Å². The van der Waals surface area contributed by atoms with Gasteiger partial charge in [0.2, 0.25) is 5.91 Å². The number of hydrogen-bond donors (Lipinski definition) is 0. The Hall–Kier alpha value is -2.54. The summed E-state index contributed by atoms with van der Waals surface area (Å²) in [6.07, 6.45) is 7.83. The molecule has 7 heteroatoms. The molecule has 2 aromatic rings. The number of aromatic nitrogens is 2. The first kappa shape index (κ1) is 19.8. The molecular formula is C22H25N3O3S. The van der Waals surface area contributed by atoms with Gasteiger partial charge in [-0.2, -0.15) is 0 Å². The van der Waals surface area contributed by atoms with Crippen LogP contribution in [0, 0.1) is 5.92 Å². The quantitative estimate of drug-likeness (QED) is 0.754. The van der Waals surface area contributed by atoms with Crippen LogP contribution < -0.4 is 0 Å². The lowest BCUT2D eigenvalue weighted by Gasteiger charge is -2.27. The Labute approximate surface area is 174 Å². The monoisotopic (exact) mass is 411 g/mol. The van der Waals surface area contributed by atoms with E-state index in [0.29, 0.717) is 25.1 Å². The summed E-state index contributed by atoms with van der Waals surface area (Å²) in [5.74, 6) is 0.403. The van der Waals surface area contributed by atoms with Gasteiger partial charge in [-0.15, -0.1) is 11.3 Å². The minimum atomic E-state index is -0.283. The summed E-state index contributed by atoms with van der Waals surface area (Å²) < 4.78 is 1.81. The van der Waals surface area contributed by atoms with Gasteiger partial charge in [0, 0.05) is 37.8 Å². The number of carbonyl (C=O) groups is 3. The van der Waals surface area contributed by atoms with E-state index in [1.54, 1.807) is 17.4 Å². The number of nitrogens with zero attached hydrogens (tertiary/aromatic N) is 3. The first-order valence-corrected chi connectivity index (χ1v) is 10.9. The first-order chi connectivity index (χ1) is 13.9. The predicted octanol–water partition coefficient (Wildman–Crippen LogP) is 3.55. The van der Waals surface area contributed by atoms with E-state index < -0.39 is 0 Å². The third kappa shape index (κ3) is 3.96. The Morgan fingerprint density at radius 1 is 1.31 bits per heavy atom. The number of amides is 1. The lowest BCUT2D eigenvalue weighted by Crippen LogP contribution is -2.37. The molecule has 0 N–H and O–H groups in total. The molecule has 152 valence electrons. The van der Waals surface area contributed by atoms with Crippen LogP contribution in [0.4, 0.5) is 0 Å². The van der Waals surface area contributed by atoms with E-state index >= 15 is 0 Å². The molecule has 4 rings (SSSR count). The van der Waals surface area contributed by atoms with Crippen LogP contribution in [-0.2, 0) is 16.0 Å². The fourth-order valence-corrected chi connectivity index (χ4v) is 5.01. The number of thiazole rings is 1. The second-order valence-electron chi connectivity index (χ2n) is 7.96. The Balaban J connectivity index is 1.42. The minimum absolute atomic E-state index is 0.0156. The highest BCUT2D eigenvalue weighted by molar-refractivity contribution is 7.12. The van der Waals surface area contributed by atoms with Gasteiger partial charge in [-0.3, -0.25) is 14.4 Å². The standard InChI is InChI=1S/C22H25N3O3S/c1-14(2)22(28)24-10-7-15(8-11-24)20-13-23-21(29-20)12-19(27)17-5-6-18(26)16-4-3-9-25(16)17/h3-4,7,9,13-14,17H,5-6,8,10-12H2,1-2H3. The number of carbonyl (C=O) groups excluding carboxylic acids is 3. The molecule has 0 aliphatic carbocycles. The van der Waals surface area contributed by atoms with Gasteiger partial charge in [-0.05, 0) is 30.5 Å². The van der Waals surface area contributed by atoms with Gasteiger partial charge in [0.15, 0.2) is 11.6 Å². The number of rotatable bonds is 5. The molecule has 6 nitrogen and oxygen atoms in total. The van der Waals surface area contributed by atoms with E-state index in [1.807, 2.05) is 41.8 Å². The fourth-order valence-electron chi connectivity index (χ4n) is 4.02. The SMILES string of the molecule is CC(C)C(=O)N1CC=C(c2cnc(CC(=O)C3CCC(=O)c4cccn43)s2)CC1. The maximum absolute atomic E-state index is 12.9. The van der Waals surface area contributed by atoms with Crippen molar-refractivity contribution in [1.29, 1.82) is 0 Å². The topological polar surface area (TPSA) is 72.3 Å². The van der Waals surface area contributed by atoms with E-state index in [1.165, 1.54) is 5.57 Å². The van der Waals surface area contributed by atoms with Crippen LogP contribution in [-0.4, -0.2) is 45.0 Å². The van der Waals surface area contributed by atoms with Crippen molar-refractivity contribution in [2.45, 2.75) is 45.6 Å². The zero-order valence-corrected chi connectivity index (χ0v) is 17.6. The summed E-state index contributed by atoms with van der Waals surface area (Å²) in [6, 6.07) is 3.32. The summed E-state index contributed by atoms with van der Waals surface area (Å²) in [5, 5.41) is 0.803. The fraction of sp³-hybridized carbons (Fsp3) is 0.455. The second-order valence-corrected chi connectivity index (χ2v) is 9.07. The van der Waals surface area contributed by atoms with Crippen LogP contribution in [0.15, 0.2) is 30.6 Å². The normalized spacial score (nSPS) is 19.3. The molecule has 1 atom stereocenters. The molecule has 1 amide bonds. The molecule has 2 aromatic heterocycles. The molecule has 1 unspecified atom stereocenters. The molecule has 0 fully saturated rings. The summed E-state index contributed by atoms with van der Waals surface area (Å²) in [5.41, 5.74) is 1.83. The van der Waals surface area contributed by atoms with Gasteiger partial charge in [0.25, 0.3) is 0 Å². The maximum Gasteiger partial charge on any atom is 0.225 e. The number of ketones is 2. The summed E-state index contributed by atoms with van der Waals surface area (Å²) >= 11 is 1.55. The van der Waals surface area contributed by atoms with Crippen LogP contribution >= 0.6 is 11.3 Å². The van der Waals surface area contributed by atoms with Gasteiger partial charge in [0.05, 0.1) is 23.0 Å². The first-order valence-electron chi connectivity index (χ1n) is 10.1. The van der Waals surface area contributed by atoms with E-state index in [-0.39, 0.29) is 35.9 Å². The van der Waals surface area contributed by atoms with Crippen molar-refractivity contribution >= 4 is 34.4 Å². The summed E-state index contributed by atoms with van der Waals surface area (Å²) in [6.45, 7) is 5.20. The highest BCUT2D eigenvalue weighted by Crippen LogP contribution is 2.30. The van der Waals surface area contributed by atoms with Gasteiger partial charge in [-0.1, -0.05) is 19.9 Å². The third-order valence-electron chi connectivity index (χ3n) is 5.63. The Morgan fingerprint density at radius 2 is 2.14 bits per heavy atom. The second kappa shape index (κ2) is 8.06. The Kier molecular flexibility index (Phi) is 5.50. The zero-order valence-electron chi connectivity index (χ0n) is 16.8. The maximum atomic E-state index is 12.9. The molecule has 0 saturated heterocycles. The predicted molar refractivity (Wildman–Crippen MR) is 112 cm³/mol. The van der Waals surface area contributed by atoms with Gasteiger partial charge < -0.3 is 9.47 Å². The summed E-state index contributed by atoms with van der Waals surface area (Å²) in [4.78, 5) is 44.4. The van der Waals surface area contributed by atoms with Crippen LogP contribution in [0.3, 0.4) is 0 Å². The summed E-state index contributed by atoms with van der Waals surface area (Å²) in [7, 11) is 0. The highest BCUT2D eigenvalue weighted by atomic mass is 32.1. The lowest BCUT2D eigenvalue weighted by molar-refractivity contribution is -0.134. The average Bonchev–Trinajstić information content (AvgIpc) is 3.38. The lowest BCUT2D eigenvalue weighted by atomic mass is 9.97. The number of Topliss-reactive ketones (excluding diaryl/α,β-unsaturated/α-hetero) is 2. The van der Waals surface area contributed by atoms with Crippen molar-refractivity contribution < 1.29 is 14.4 Å². The zero-order chi connectivity index (χ0) is 20.5. The van der Waals surface area contributed by atoms with E-state index in [9.17, 15) is 14.4 Å². The Bertz CT molecular complexity index is 985. The van der Waals surface area contributed by atoms with Crippen molar-refractivity contribution in [2.75, 3.05) is 13.1 Å². The molecule has 29 heavy (non-hydrogen) atoms. The van der Waals surface area contributed by atoms with Gasteiger partial charge in [-0.25, -0.2) is 4.98 Å². The Morgan fingerprint density at radius 3 is 2.86 bits per heavy atom. The van der Waals surface area contributed by atoms with E-state index in [2.05, 4.69) is 11.1 Å². The van der Waals surface area contributed by atoms with E-state index in [0.717, 1.165) is 22.9 Å². The molecule has 0 spiro atoms. The van der Waals surface area contributed by atoms with Crippen molar-refractivity contribution in [3.63, 3.8) is 0 Å². The molecule has 0 saturated carbocycles. The van der Waals surface area contributed by atoms with Crippen LogP contribution in [0.1, 0.15) is 59.5 Å². The van der Waals surface area contributed by atoms with Crippen molar-refractivity contribution in [1.82, 2.24) is 14.5 Å². The van der Waals surface area contributed by atoms with E-state index in [4.69, 9.17) is 0 Å². The van der Waals surface area contributed by atoms with Gasteiger partial charge >= 0.3 is 0 Å². The average molecular weight is 412 g/mol. The number of hydrogen-bond acceptors (Lipinski definition) is 5. The van der Waals surface area contributed by atoms with Crippen molar-refractivity contribution in [3.05, 3.63) is 46.2 Å². The van der Waals surface area contributed by atoms with Gasteiger partial charge in [0.1, 0.15) is 5.01 Å². The molecule has 2 aliphatic heterocycles. The van der Waals surface area contributed by atoms with Crippen molar-refractivity contribution in [2.24, 2.45) is 5.92 Å². The molecule has 4 heterocycles. The van der Waals surface area contributed by atoms with Crippen molar-refractivity contribution in [3.8, 4) is 0 Å². The number of fused-ring (bicyclic) bond motifs is 1. The third-order valence-corrected chi connectivity index (χ3v) is 6.70. The molecule has 2 aliphatic rings. The van der Waals surface area contributed by atoms with Crippen LogP contribution in [0.2, 0.25) is 0 Å².